The lowest BCUT2D eigenvalue weighted by atomic mass is 9.80. The average Bonchev–Trinajstić information content (AvgIpc) is 2.47. The van der Waals surface area contributed by atoms with Crippen LogP contribution >= 0.6 is 0 Å². The number of anilines is 1. The van der Waals surface area contributed by atoms with Crippen molar-refractivity contribution in [2.45, 2.75) is 52.0 Å². The lowest BCUT2D eigenvalue weighted by Gasteiger charge is -2.45. The van der Waals surface area contributed by atoms with Gasteiger partial charge in [-0.3, -0.25) is 4.79 Å². The van der Waals surface area contributed by atoms with Gasteiger partial charge in [-0.2, -0.15) is 0 Å². The molecule has 1 aromatic heterocycles. The molecular weight excluding hydrogens is 306 g/mol. The zero-order chi connectivity index (χ0) is 17.8. The second-order valence-electron chi connectivity index (χ2n) is 7.45. The minimum absolute atomic E-state index is 0.0265. The van der Waals surface area contributed by atoms with Crippen LogP contribution in [0.4, 0.5) is 5.69 Å². The zero-order valence-electron chi connectivity index (χ0n) is 14.8. The number of rotatable bonds is 2. The lowest BCUT2D eigenvalue weighted by Crippen LogP contribution is -2.45. The first kappa shape index (κ1) is 16.6. The molecule has 2 aromatic rings. The number of benzene rings is 1. The maximum Gasteiger partial charge on any atom is 0.340 e. The summed E-state index contributed by atoms with van der Waals surface area (Å²) < 4.78 is 5.45. The number of carboxylic acids is 1. The van der Waals surface area contributed by atoms with Gasteiger partial charge in [0.2, 0.25) is 0 Å². The summed E-state index contributed by atoms with van der Waals surface area (Å²) in [6.45, 7) is 8.40. The first-order chi connectivity index (χ1) is 11.1. The number of aryl methyl sites for hydroxylation is 1. The number of hydrogen-bond acceptors (Lipinski definition) is 4. The van der Waals surface area contributed by atoms with E-state index < -0.39 is 11.6 Å². The molecule has 0 saturated carbocycles. The third-order valence-electron chi connectivity index (χ3n) is 5.37. The van der Waals surface area contributed by atoms with Crippen molar-refractivity contribution in [1.82, 2.24) is 0 Å². The first-order valence-corrected chi connectivity index (χ1v) is 8.17. The number of hydrogen-bond donors (Lipinski definition) is 1. The molecule has 1 aliphatic rings. The van der Waals surface area contributed by atoms with E-state index in [1.807, 2.05) is 6.07 Å². The van der Waals surface area contributed by atoms with E-state index in [2.05, 4.69) is 38.8 Å². The predicted octanol–water partition coefficient (Wildman–Crippen LogP) is 3.45. The minimum Gasteiger partial charge on any atom is -0.481 e. The average molecular weight is 329 g/mol. The molecule has 2 heterocycles. The summed E-state index contributed by atoms with van der Waals surface area (Å²) in [6.07, 6.45) is 0.712. The first-order valence-electron chi connectivity index (χ1n) is 8.17. The van der Waals surface area contributed by atoms with Crippen LogP contribution in [0.15, 0.2) is 21.3 Å². The van der Waals surface area contributed by atoms with E-state index >= 15 is 0 Å². The largest absolute Gasteiger partial charge is 0.481 e. The van der Waals surface area contributed by atoms with E-state index in [1.54, 1.807) is 6.92 Å². The maximum atomic E-state index is 12.2. The van der Waals surface area contributed by atoms with Crippen molar-refractivity contribution in [3.8, 4) is 0 Å². The number of nitrogens with zero attached hydrogens (tertiary/aromatic N) is 1. The van der Waals surface area contributed by atoms with Gasteiger partial charge in [-0.15, -0.1) is 0 Å². The summed E-state index contributed by atoms with van der Waals surface area (Å²) in [4.78, 5) is 25.4. The van der Waals surface area contributed by atoms with Gasteiger partial charge in [0.1, 0.15) is 5.58 Å². The summed E-state index contributed by atoms with van der Waals surface area (Å²) in [7, 11) is 2.06. The summed E-state index contributed by atoms with van der Waals surface area (Å²) >= 11 is 0. The molecule has 1 unspecified atom stereocenters. The van der Waals surface area contributed by atoms with Crippen LogP contribution in [-0.4, -0.2) is 23.7 Å². The molecule has 0 bridgehead atoms. The Kier molecular flexibility index (Phi) is 3.70. The molecule has 3 rings (SSSR count). The molecule has 0 aliphatic carbocycles. The van der Waals surface area contributed by atoms with Gasteiger partial charge in [0.25, 0.3) is 0 Å². The van der Waals surface area contributed by atoms with Gasteiger partial charge in [0, 0.05) is 29.7 Å². The Hall–Kier alpha value is -2.30. The Balaban J connectivity index is 2.29. The van der Waals surface area contributed by atoms with E-state index in [-0.39, 0.29) is 17.5 Å². The van der Waals surface area contributed by atoms with Gasteiger partial charge in [-0.05, 0) is 50.3 Å². The summed E-state index contributed by atoms with van der Waals surface area (Å²) in [6, 6.07) is 3.98. The highest BCUT2D eigenvalue weighted by Gasteiger charge is 2.34. The highest BCUT2D eigenvalue weighted by molar-refractivity contribution is 5.87. The molecule has 0 fully saturated rings. The monoisotopic (exact) mass is 329 g/mol. The second-order valence-corrected chi connectivity index (χ2v) is 7.45. The fraction of sp³-hybridized carbons (Fsp3) is 0.474. The highest BCUT2D eigenvalue weighted by Crippen LogP contribution is 2.44. The number of aliphatic carboxylic acids is 1. The Labute approximate surface area is 140 Å². The zero-order valence-corrected chi connectivity index (χ0v) is 14.8. The minimum atomic E-state index is -1.03. The predicted molar refractivity (Wildman–Crippen MR) is 94.1 cm³/mol. The summed E-state index contributed by atoms with van der Waals surface area (Å²) in [5, 5.41) is 9.85. The van der Waals surface area contributed by atoms with Gasteiger partial charge in [-0.1, -0.05) is 6.92 Å². The third-order valence-corrected chi connectivity index (χ3v) is 5.37. The lowest BCUT2D eigenvalue weighted by molar-refractivity contribution is -0.136. The standard InChI is InChI=1S/C19H23NO4/c1-10-9-19(3,4)20(5)15-8-16-13(6-12(10)15)11(2)14(7-17(21)22)18(23)24-16/h6,8,10H,7,9H2,1-5H3,(H,21,22). The van der Waals surface area contributed by atoms with E-state index in [0.717, 1.165) is 17.5 Å². The SMILES string of the molecule is Cc1c(CC(=O)O)c(=O)oc2cc3c(cc12)C(C)CC(C)(C)N3C. The van der Waals surface area contributed by atoms with Crippen molar-refractivity contribution in [3.63, 3.8) is 0 Å². The quantitative estimate of drug-likeness (QED) is 0.855. The molecule has 5 heteroatoms. The van der Waals surface area contributed by atoms with E-state index in [9.17, 15) is 9.59 Å². The van der Waals surface area contributed by atoms with Crippen LogP contribution in [0.5, 0.6) is 0 Å². The molecule has 0 radical (unpaired) electrons. The molecule has 1 aliphatic heterocycles. The molecule has 5 nitrogen and oxygen atoms in total. The van der Waals surface area contributed by atoms with Gasteiger partial charge < -0.3 is 14.4 Å². The fourth-order valence-corrected chi connectivity index (χ4v) is 3.80. The van der Waals surface area contributed by atoms with Crippen LogP contribution in [0.2, 0.25) is 0 Å². The van der Waals surface area contributed by atoms with Crippen LogP contribution in [0, 0.1) is 6.92 Å². The smallest absolute Gasteiger partial charge is 0.340 e. The maximum absolute atomic E-state index is 12.2. The topological polar surface area (TPSA) is 70.7 Å². The van der Waals surface area contributed by atoms with Gasteiger partial charge in [0.15, 0.2) is 0 Å². The molecule has 0 saturated heterocycles. The molecule has 24 heavy (non-hydrogen) atoms. The van der Waals surface area contributed by atoms with Crippen LogP contribution in [-0.2, 0) is 11.2 Å². The fourth-order valence-electron chi connectivity index (χ4n) is 3.80. The van der Waals surface area contributed by atoms with E-state index in [0.29, 0.717) is 17.1 Å². The number of carbonyl (C=O) groups is 1. The normalized spacial score (nSPS) is 19.4. The molecule has 1 aromatic carbocycles. The Morgan fingerprint density at radius 2 is 2.08 bits per heavy atom. The molecular formula is C19H23NO4. The highest BCUT2D eigenvalue weighted by atomic mass is 16.4. The van der Waals surface area contributed by atoms with Crippen molar-refractivity contribution in [3.05, 3.63) is 39.2 Å². The molecule has 0 spiro atoms. The van der Waals surface area contributed by atoms with Crippen LogP contribution in [0.1, 0.15) is 49.8 Å². The van der Waals surface area contributed by atoms with Crippen molar-refractivity contribution >= 4 is 22.6 Å². The molecule has 128 valence electrons. The Bertz CT molecular complexity index is 894. The van der Waals surface area contributed by atoms with Crippen molar-refractivity contribution in [2.24, 2.45) is 0 Å². The summed E-state index contributed by atoms with van der Waals surface area (Å²) in [5.74, 6) is -0.651. The van der Waals surface area contributed by atoms with Crippen LogP contribution < -0.4 is 10.5 Å². The van der Waals surface area contributed by atoms with Crippen LogP contribution in [0.25, 0.3) is 11.0 Å². The third kappa shape index (κ3) is 2.48. The molecule has 1 N–H and O–H groups in total. The van der Waals surface area contributed by atoms with E-state index in [4.69, 9.17) is 9.52 Å². The molecule has 1 atom stereocenters. The van der Waals surface area contributed by atoms with Crippen LogP contribution in [0.3, 0.4) is 0 Å². The van der Waals surface area contributed by atoms with Crippen molar-refractivity contribution in [2.75, 3.05) is 11.9 Å². The van der Waals surface area contributed by atoms with Gasteiger partial charge >= 0.3 is 11.6 Å². The summed E-state index contributed by atoms with van der Waals surface area (Å²) in [5.41, 5.74) is 3.19. The van der Waals surface area contributed by atoms with Gasteiger partial charge in [0.05, 0.1) is 12.0 Å². The van der Waals surface area contributed by atoms with Crippen molar-refractivity contribution in [1.29, 1.82) is 0 Å². The number of carboxylic acid groups (broad SMARTS) is 1. The number of fused-ring (bicyclic) bond motifs is 2. The van der Waals surface area contributed by atoms with E-state index in [1.165, 1.54) is 5.56 Å². The molecule has 0 amide bonds. The second kappa shape index (κ2) is 5.36. The Morgan fingerprint density at radius 1 is 1.42 bits per heavy atom. The van der Waals surface area contributed by atoms with Gasteiger partial charge in [-0.25, -0.2) is 4.79 Å². The Morgan fingerprint density at radius 3 is 2.71 bits per heavy atom. The van der Waals surface area contributed by atoms with Crippen molar-refractivity contribution < 1.29 is 14.3 Å².